The number of hydrazine groups is 1. The van der Waals surface area contributed by atoms with Crippen molar-refractivity contribution in [3.8, 4) is 0 Å². The van der Waals surface area contributed by atoms with Gasteiger partial charge in [-0.2, -0.15) is 4.98 Å². The average Bonchev–Trinajstić information content (AvgIpc) is 2.77. The first-order chi connectivity index (χ1) is 9.05. The third-order valence-electron chi connectivity index (χ3n) is 2.55. The van der Waals surface area contributed by atoms with Crippen molar-refractivity contribution in [1.29, 1.82) is 0 Å². The van der Waals surface area contributed by atoms with E-state index in [-0.39, 0.29) is 5.97 Å². The molecule has 2 heterocycles. The van der Waals surface area contributed by atoms with Gasteiger partial charge in [-0.25, -0.2) is 15.6 Å². The van der Waals surface area contributed by atoms with Crippen LogP contribution in [-0.2, 0) is 9.53 Å². The minimum absolute atomic E-state index is 0.300. The molecule has 4 N–H and O–H groups in total. The van der Waals surface area contributed by atoms with Crippen molar-refractivity contribution in [3.63, 3.8) is 0 Å². The van der Waals surface area contributed by atoms with E-state index in [1.807, 2.05) is 13.0 Å². The van der Waals surface area contributed by atoms with Gasteiger partial charge in [-0.15, -0.1) is 11.3 Å². The third-order valence-corrected chi connectivity index (χ3v) is 3.50. The van der Waals surface area contributed by atoms with Gasteiger partial charge in [-0.05, 0) is 19.9 Å². The number of methoxy groups -OCH3 is 1. The summed E-state index contributed by atoms with van der Waals surface area (Å²) in [6, 6.07) is 1.46. The number of hydrogen-bond donors (Lipinski definition) is 3. The van der Waals surface area contributed by atoms with Crippen molar-refractivity contribution >= 4 is 39.3 Å². The first-order valence-corrected chi connectivity index (χ1v) is 6.46. The number of aryl methyl sites for hydroxylation is 1. The molecule has 7 nitrogen and oxygen atoms in total. The summed E-state index contributed by atoms with van der Waals surface area (Å²) < 4.78 is 4.68. The summed E-state index contributed by atoms with van der Waals surface area (Å²) in [6.07, 6.45) is 0. The molecule has 0 amide bonds. The van der Waals surface area contributed by atoms with Crippen LogP contribution < -0.4 is 16.6 Å². The number of carbonyl (C=O) groups excluding carboxylic acids is 1. The zero-order valence-corrected chi connectivity index (χ0v) is 11.7. The van der Waals surface area contributed by atoms with Crippen molar-refractivity contribution in [2.24, 2.45) is 5.84 Å². The van der Waals surface area contributed by atoms with Crippen molar-refractivity contribution in [1.82, 2.24) is 9.97 Å². The Balaban J connectivity index is 2.42. The lowest BCUT2D eigenvalue weighted by Gasteiger charge is -2.13. The van der Waals surface area contributed by atoms with E-state index in [4.69, 9.17) is 5.84 Å². The molecule has 0 aliphatic heterocycles. The van der Waals surface area contributed by atoms with Crippen LogP contribution in [0.15, 0.2) is 6.07 Å². The number of carbonyl (C=O) groups is 1. The standard InChI is InChI=1S/C11H15N5O2S/c1-5-4-7-8(13-6(2)10(17)18-3)14-11(16-12)15-9(7)19-5/h4,6H,12H2,1-3H3,(H2,13,14,15,16). The Labute approximate surface area is 114 Å². The van der Waals surface area contributed by atoms with E-state index in [1.165, 1.54) is 18.4 Å². The number of aromatic nitrogens is 2. The molecule has 1 unspecified atom stereocenters. The van der Waals surface area contributed by atoms with Gasteiger partial charge >= 0.3 is 5.97 Å². The Bertz CT molecular complexity index is 612. The number of nitrogen functional groups attached to an aromatic ring is 1. The molecule has 102 valence electrons. The van der Waals surface area contributed by atoms with Gasteiger partial charge in [0.1, 0.15) is 16.7 Å². The second kappa shape index (κ2) is 5.37. The highest BCUT2D eigenvalue weighted by Gasteiger charge is 2.17. The maximum absolute atomic E-state index is 11.4. The molecule has 2 rings (SSSR count). The summed E-state index contributed by atoms with van der Waals surface area (Å²) in [5, 5.41) is 3.87. The van der Waals surface area contributed by atoms with Crippen molar-refractivity contribution in [2.45, 2.75) is 19.9 Å². The highest BCUT2D eigenvalue weighted by atomic mass is 32.1. The normalized spacial score (nSPS) is 12.2. The van der Waals surface area contributed by atoms with Gasteiger partial charge < -0.3 is 10.1 Å². The Morgan fingerprint density at radius 3 is 2.89 bits per heavy atom. The van der Waals surface area contributed by atoms with E-state index in [2.05, 4.69) is 25.4 Å². The molecule has 0 aliphatic rings. The second-order valence-corrected chi connectivity index (χ2v) is 5.24. The van der Waals surface area contributed by atoms with Crippen LogP contribution >= 0.6 is 11.3 Å². The van der Waals surface area contributed by atoms with E-state index in [1.54, 1.807) is 6.92 Å². The van der Waals surface area contributed by atoms with Crippen molar-refractivity contribution in [3.05, 3.63) is 10.9 Å². The molecule has 2 aromatic heterocycles. The maximum atomic E-state index is 11.4. The average molecular weight is 281 g/mol. The van der Waals surface area contributed by atoms with Gasteiger partial charge in [0.05, 0.1) is 12.5 Å². The highest BCUT2D eigenvalue weighted by Crippen LogP contribution is 2.29. The van der Waals surface area contributed by atoms with Crippen LogP contribution in [0.4, 0.5) is 11.8 Å². The minimum atomic E-state index is -0.506. The van der Waals surface area contributed by atoms with Crippen LogP contribution in [0.25, 0.3) is 10.2 Å². The predicted octanol–water partition coefficient (Wildman–Crippen LogP) is 1.26. The van der Waals surface area contributed by atoms with E-state index >= 15 is 0 Å². The first kappa shape index (κ1) is 13.5. The Hall–Kier alpha value is -1.93. The lowest BCUT2D eigenvalue weighted by atomic mass is 10.3. The zero-order chi connectivity index (χ0) is 14.0. The SMILES string of the molecule is COC(=O)C(C)Nc1nc(NN)nc2sc(C)cc12. The van der Waals surface area contributed by atoms with Crippen LogP contribution in [0.2, 0.25) is 0 Å². The Morgan fingerprint density at radius 2 is 2.26 bits per heavy atom. The molecule has 0 aromatic carbocycles. The zero-order valence-electron chi connectivity index (χ0n) is 10.9. The van der Waals surface area contributed by atoms with Crippen LogP contribution in [0.3, 0.4) is 0 Å². The van der Waals surface area contributed by atoms with Gasteiger partial charge in [0.2, 0.25) is 5.95 Å². The molecule has 2 aromatic rings. The number of anilines is 2. The largest absolute Gasteiger partial charge is 0.467 e. The molecule has 19 heavy (non-hydrogen) atoms. The number of rotatable bonds is 4. The van der Waals surface area contributed by atoms with Crippen LogP contribution in [0.5, 0.6) is 0 Å². The lowest BCUT2D eigenvalue weighted by Crippen LogP contribution is -2.28. The molecule has 0 aliphatic carbocycles. The summed E-state index contributed by atoms with van der Waals surface area (Å²) in [4.78, 5) is 21.8. The van der Waals surface area contributed by atoms with E-state index in [0.29, 0.717) is 11.8 Å². The van der Waals surface area contributed by atoms with Gasteiger partial charge in [-0.3, -0.25) is 5.43 Å². The fourth-order valence-corrected chi connectivity index (χ4v) is 2.54. The van der Waals surface area contributed by atoms with Gasteiger partial charge in [0.15, 0.2) is 0 Å². The summed E-state index contributed by atoms with van der Waals surface area (Å²) in [7, 11) is 1.34. The lowest BCUT2D eigenvalue weighted by molar-refractivity contribution is -0.141. The monoisotopic (exact) mass is 281 g/mol. The smallest absolute Gasteiger partial charge is 0.328 e. The summed E-state index contributed by atoms with van der Waals surface area (Å²) >= 11 is 1.53. The van der Waals surface area contributed by atoms with Crippen molar-refractivity contribution in [2.75, 3.05) is 17.9 Å². The molecule has 0 saturated heterocycles. The summed E-state index contributed by atoms with van der Waals surface area (Å²) in [5.41, 5.74) is 2.41. The molecule has 0 spiro atoms. The van der Waals surface area contributed by atoms with Gasteiger partial charge in [0.25, 0.3) is 0 Å². The molecule has 8 heteroatoms. The molecule has 0 radical (unpaired) electrons. The van der Waals surface area contributed by atoms with Crippen molar-refractivity contribution < 1.29 is 9.53 Å². The number of hydrogen-bond acceptors (Lipinski definition) is 8. The van der Waals surface area contributed by atoms with E-state index in [9.17, 15) is 4.79 Å². The van der Waals surface area contributed by atoms with E-state index < -0.39 is 6.04 Å². The number of esters is 1. The second-order valence-electron chi connectivity index (χ2n) is 4.01. The topological polar surface area (TPSA) is 102 Å². The van der Waals surface area contributed by atoms with Crippen LogP contribution in [-0.4, -0.2) is 29.1 Å². The number of nitrogens with two attached hydrogens (primary N) is 1. The first-order valence-electron chi connectivity index (χ1n) is 5.64. The summed E-state index contributed by atoms with van der Waals surface area (Å²) in [6.45, 7) is 3.68. The molecular weight excluding hydrogens is 266 g/mol. The summed E-state index contributed by atoms with van der Waals surface area (Å²) in [5.74, 6) is 5.84. The number of thiophene rings is 1. The quantitative estimate of drug-likeness (QED) is 0.440. The van der Waals surface area contributed by atoms with Crippen LogP contribution in [0, 0.1) is 6.92 Å². The number of nitrogens with zero attached hydrogens (tertiary/aromatic N) is 2. The van der Waals surface area contributed by atoms with E-state index in [0.717, 1.165) is 15.1 Å². The molecule has 0 saturated carbocycles. The Kier molecular flexibility index (Phi) is 3.82. The Morgan fingerprint density at radius 1 is 1.53 bits per heavy atom. The van der Waals surface area contributed by atoms with Gasteiger partial charge in [-0.1, -0.05) is 0 Å². The maximum Gasteiger partial charge on any atom is 0.328 e. The molecule has 1 atom stereocenters. The number of fused-ring (bicyclic) bond motifs is 1. The highest BCUT2D eigenvalue weighted by molar-refractivity contribution is 7.18. The molecule has 0 fully saturated rings. The molecular formula is C11H15N5O2S. The van der Waals surface area contributed by atoms with Crippen LogP contribution in [0.1, 0.15) is 11.8 Å². The number of ether oxygens (including phenoxy) is 1. The minimum Gasteiger partial charge on any atom is -0.467 e. The fourth-order valence-electron chi connectivity index (χ4n) is 1.66. The fraction of sp³-hybridized carbons (Fsp3) is 0.364. The number of nitrogens with one attached hydrogen (secondary N) is 2. The van der Waals surface area contributed by atoms with Gasteiger partial charge in [0, 0.05) is 4.88 Å². The predicted molar refractivity (Wildman–Crippen MR) is 75.1 cm³/mol. The third kappa shape index (κ3) is 2.74. The molecule has 0 bridgehead atoms.